The van der Waals surface area contributed by atoms with Gasteiger partial charge < -0.3 is 9.67 Å². The fourth-order valence-electron chi connectivity index (χ4n) is 2.92. The minimum atomic E-state index is 0.248. The Bertz CT molecular complexity index is 345. The lowest BCUT2D eigenvalue weighted by Gasteiger charge is -2.28. The van der Waals surface area contributed by atoms with Gasteiger partial charge >= 0.3 is 0 Å². The van der Waals surface area contributed by atoms with E-state index in [2.05, 4.69) is 21.4 Å². The molecule has 1 N–H and O–H groups in total. The van der Waals surface area contributed by atoms with Crippen molar-refractivity contribution in [1.29, 1.82) is 0 Å². The van der Waals surface area contributed by atoms with Crippen LogP contribution in [-0.4, -0.2) is 38.8 Å². The van der Waals surface area contributed by atoms with E-state index in [1.807, 2.05) is 12.5 Å². The predicted octanol–water partition coefficient (Wildman–Crippen LogP) is 2.03. The van der Waals surface area contributed by atoms with Crippen LogP contribution >= 0.6 is 0 Å². The highest BCUT2D eigenvalue weighted by Crippen LogP contribution is 2.24. The topological polar surface area (TPSA) is 41.3 Å². The van der Waals surface area contributed by atoms with E-state index < -0.39 is 0 Å². The van der Waals surface area contributed by atoms with Gasteiger partial charge in [-0.2, -0.15) is 0 Å². The van der Waals surface area contributed by atoms with Gasteiger partial charge in [-0.05, 0) is 19.3 Å². The van der Waals surface area contributed by atoms with Crippen LogP contribution in [-0.2, 0) is 13.1 Å². The van der Waals surface area contributed by atoms with E-state index in [1.165, 1.54) is 31.4 Å². The molecular weight excluding hydrogens is 226 g/mol. The van der Waals surface area contributed by atoms with Crippen LogP contribution in [0.5, 0.6) is 0 Å². The van der Waals surface area contributed by atoms with E-state index in [4.69, 9.17) is 0 Å². The molecule has 4 nitrogen and oxygen atoms in total. The molecule has 0 saturated heterocycles. The van der Waals surface area contributed by atoms with E-state index in [1.54, 1.807) is 0 Å². The van der Waals surface area contributed by atoms with Gasteiger partial charge in [0.15, 0.2) is 0 Å². The monoisotopic (exact) mass is 251 g/mol. The summed E-state index contributed by atoms with van der Waals surface area (Å²) in [5, 5.41) is 9.23. The van der Waals surface area contributed by atoms with Gasteiger partial charge in [0.2, 0.25) is 0 Å². The van der Waals surface area contributed by atoms with Crippen molar-refractivity contribution in [1.82, 2.24) is 14.5 Å². The summed E-state index contributed by atoms with van der Waals surface area (Å²) in [6.45, 7) is 5.17. The molecule has 2 rings (SSSR count). The second-order valence-electron chi connectivity index (χ2n) is 5.21. The SMILES string of the molecule is CCCn1cncc1CN(CCO)C1CCCC1. The zero-order chi connectivity index (χ0) is 12.8. The van der Waals surface area contributed by atoms with Gasteiger partial charge in [-0.3, -0.25) is 4.90 Å². The lowest BCUT2D eigenvalue weighted by Crippen LogP contribution is -2.35. The molecule has 0 unspecified atom stereocenters. The smallest absolute Gasteiger partial charge is 0.0948 e. The Morgan fingerprint density at radius 2 is 2.22 bits per heavy atom. The second-order valence-corrected chi connectivity index (χ2v) is 5.21. The third-order valence-corrected chi connectivity index (χ3v) is 3.86. The van der Waals surface area contributed by atoms with E-state index in [0.717, 1.165) is 26.1 Å². The first kappa shape index (κ1) is 13.6. The normalized spacial score (nSPS) is 16.8. The highest BCUT2D eigenvalue weighted by molar-refractivity contribution is 4.99. The minimum absolute atomic E-state index is 0.248. The number of aryl methyl sites for hydroxylation is 1. The molecule has 0 spiro atoms. The van der Waals surface area contributed by atoms with E-state index in [0.29, 0.717) is 6.04 Å². The van der Waals surface area contributed by atoms with Gasteiger partial charge in [-0.25, -0.2) is 4.98 Å². The largest absolute Gasteiger partial charge is 0.395 e. The van der Waals surface area contributed by atoms with E-state index in [-0.39, 0.29) is 6.61 Å². The predicted molar refractivity (Wildman–Crippen MR) is 72.3 cm³/mol. The highest BCUT2D eigenvalue weighted by Gasteiger charge is 2.22. The van der Waals surface area contributed by atoms with Crippen molar-refractivity contribution in [3.8, 4) is 0 Å². The van der Waals surface area contributed by atoms with Gasteiger partial charge in [0, 0.05) is 31.9 Å². The molecule has 0 amide bonds. The van der Waals surface area contributed by atoms with Crippen LogP contribution in [0, 0.1) is 0 Å². The van der Waals surface area contributed by atoms with E-state index in [9.17, 15) is 5.11 Å². The van der Waals surface area contributed by atoms with Gasteiger partial charge in [0.25, 0.3) is 0 Å². The summed E-state index contributed by atoms with van der Waals surface area (Å²) in [5.41, 5.74) is 1.28. The summed E-state index contributed by atoms with van der Waals surface area (Å²) in [7, 11) is 0. The Morgan fingerprint density at radius 1 is 1.44 bits per heavy atom. The molecule has 0 aromatic carbocycles. The van der Waals surface area contributed by atoms with Crippen LogP contribution in [0.25, 0.3) is 0 Å². The molecule has 0 atom stereocenters. The number of nitrogens with zero attached hydrogens (tertiary/aromatic N) is 3. The molecule has 1 aromatic heterocycles. The first-order chi connectivity index (χ1) is 8.85. The fourth-order valence-corrected chi connectivity index (χ4v) is 2.92. The highest BCUT2D eigenvalue weighted by atomic mass is 16.3. The number of hydrogen-bond acceptors (Lipinski definition) is 3. The number of hydrogen-bond donors (Lipinski definition) is 1. The minimum Gasteiger partial charge on any atom is -0.395 e. The number of rotatable bonds is 7. The molecule has 1 heterocycles. The van der Waals surface area contributed by atoms with Crippen molar-refractivity contribution in [2.75, 3.05) is 13.2 Å². The lowest BCUT2D eigenvalue weighted by atomic mass is 10.2. The molecule has 18 heavy (non-hydrogen) atoms. The van der Waals surface area contributed by atoms with Crippen molar-refractivity contribution in [3.05, 3.63) is 18.2 Å². The fraction of sp³-hybridized carbons (Fsp3) is 0.786. The van der Waals surface area contributed by atoms with Crippen molar-refractivity contribution >= 4 is 0 Å². The first-order valence-electron chi connectivity index (χ1n) is 7.19. The summed E-state index contributed by atoms with van der Waals surface area (Å²) >= 11 is 0. The molecular formula is C14H25N3O. The molecule has 1 saturated carbocycles. The second kappa shape index (κ2) is 6.90. The van der Waals surface area contributed by atoms with Gasteiger partial charge in [-0.15, -0.1) is 0 Å². The Balaban J connectivity index is 2.00. The maximum absolute atomic E-state index is 9.23. The third kappa shape index (κ3) is 3.33. The van der Waals surface area contributed by atoms with Crippen molar-refractivity contribution in [2.24, 2.45) is 0 Å². The average Bonchev–Trinajstić information content (AvgIpc) is 3.01. The van der Waals surface area contributed by atoms with Crippen molar-refractivity contribution < 1.29 is 5.11 Å². The van der Waals surface area contributed by atoms with Crippen LogP contribution in [0.3, 0.4) is 0 Å². The molecule has 0 radical (unpaired) electrons. The molecule has 102 valence electrons. The van der Waals surface area contributed by atoms with Gasteiger partial charge in [0.05, 0.1) is 18.6 Å². The Labute approximate surface area is 110 Å². The van der Waals surface area contributed by atoms with Crippen molar-refractivity contribution in [3.63, 3.8) is 0 Å². The lowest BCUT2D eigenvalue weighted by molar-refractivity contribution is 0.142. The van der Waals surface area contributed by atoms with Gasteiger partial charge in [0.1, 0.15) is 0 Å². The average molecular weight is 251 g/mol. The summed E-state index contributed by atoms with van der Waals surface area (Å²) in [6.07, 6.45) is 10.2. The maximum atomic E-state index is 9.23. The van der Waals surface area contributed by atoms with Gasteiger partial charge in [-0.1, -0.05) is 19.8 Å². The summed E-state index contributed by atoms with van der Waals surface area (Å²) in [5.74, 6) is 0. The van der Waals surface area contributed by atoms with Crippen molar-refractivity contribution in [2.45, 2.75) is 58.2 Å². The maximum Gasteiger partial charge on any atom is 0.0948 e. The summed E-state index contributed by atoms with van der Waals surface area (Å²) < 4.78 is 2.24. The van der Waals surface area contributed by atoms with Crippen LogP contribution < -0.4 is 0 Å². The first-order valence-corrected chi connectivity index (χ1v) is 7.19. The quantitative estimate of drug-likeness (QED) is 0.806. The molecule has 1 aliphatic carbocycles. The molecule has 1 aliphatic rings. The Hall–Kier alpha value is -0.870. The zero-order valence-electron chi connectivity index (χ0n) is 11.4. The van der Waals surface area contributed by atoms with Crippen LogP contribution in [0.1, 0.15) is 44.7 Å². The Morgan fingerprint density at radius 3 is 2.89 bits per heavy atom. The number of aromatic nitrogens is 2. The van der Waals surface area contributed by atoms with Crippen LogP contribution in [0.2, 0.25) is 0 Å². The number of imidazole rings is 1. The third-order valence-electron chi connectivity index (χ3n) is 3.86. The zero-order valence-corrected chi connectivity index (χ0v) is 11.4. The molecule has 1 aromatic rings. The standard InChI is InChI=1S/C14H25N3O/c1-2-7-17-12-15-10-14(17)11-16(8-9-18)13-5-3-4-6-13/h10,12-13,18H,2-9,11H2,1H3. The number of aliphatic hydroxyl groups excluding tert-OH is 1. The molecule has 4 heteroatoms. The van der Waals surface area contributed by atoms with E-state index >= 15 is 0 Å². The summed E-state index contributed by atoms with van der Waals surface area (Å²) in [6, 6.07) is 0.655. The molecule has 0 aliphatic heterocycles. The molecule has 0 bridgehead atoms. The summed E-state index contributed by atoms with van der Waals surface area (Å²) in [4.78, 5) is 6.68. The molecule has 1 fully saturated rings. The van der Waals surface area contributed by atoms with Crippen LogP contribution in [0.15, 0.2) is 12.5 Å². The number of aliphatic hydroxyl groups is 1. The van der Waals surface area contributed by atoms with Crippen LogP contribution in [0.4, 0.5) is 0 Å². The Kier molecular flexibility index (Phi) is 5.20.